The van der Waals surface area contributed by atoms with Crippen LogP contribution in [0.2, 0.25) is 0 Å². The Morgan fingerprint density at radius 2 is 1.43 bits per heavy atom. The summed E-state index contributed by atoms with van der Waals surface area (Å²) in [6, 6.07) is 19.7. The highest BCUT2D eigenvalue weighted by Gasteiger charge is 2.15. The summed E-state index contributed by atoms with van der Waals surface area (Å²) in [7, 11) is 0. The highest BCUT2D eigenvalue weighted by molar-refractivity contribution is 5.80. The predicted octanol–water partition coefficient (Wildman–Crippen LogP) is 3.38. The van der Waals surface area contributed by atoms with E-state index in [0.29, 0.717) is 13.2 Å². The van der Waals surface area contributed by atoms with Crippen molar-refractivity contribution < 1.29 is 14.3 Å². The number of ketones is 1. The first-order valence-corrected chi connectivity index (χ1v) is 7.03. The molecule has 0 radical (unpaired) electrons. The van der Waals surface area contributed by atoms with Crippen LogP contribution in [0.4, 0.5) is 0 Å². The maximum absolute atomic E-state index is 11.6. The number of ether oxygens (including phenoxy) is 2. The van der Waals surface area contributed by atoms with Gasteiger partial charge in [-0.05, 0) is 18.1 Å². The first kappa shape index (κ1) is 15.4. The van der Waals surface area contributed by atoms with E-state index in [2.05, 4.69) is 0 Å². The molecule has 2 aromatic rings. The highest BCUT2D eigenvalue weighted by atomic mass is 16.5. The van der Waals surface area contributed by atoms with Crippen LogP contribution in [0.1, 0.15) is 18.1 Å². The lowest BCUT2D eigenvalue weighted by atomic mass is 10.2. The Balaban J connectivity index is 1.78. The number of hydrogen-bond acceptors (Lipinski definition) is 3. The lowest BCUT2D eigenvalue weighted by Crippen LogP contribution is -2.27. The largest absolute Gasteiger partial charge is 0.374 e. The van der Waals surface area contributed by atoms with Crippen molar-refractivity contribution in [1.29, 1.82) is 0 Å². The summed E-state index contributed by atoms with van der Waals surface area (Å²) in [5, 5.41) is 0. The SMILES string of the molecule is CC(=O)[C@@H](COCc1ccccc1)OCc1ccccc1. The first-order valence-electron chi connectivity index (χ1n) is 7.03. The molecule has 0 unspecified atom stereocenters. The molecule has 0 aliphatic carbocycles. The molecule has 0 bridgehead atoms. The molecule has 0 spiro atoms. The normalized spacial score (nSPS) is 12.0. The third-order valence-electron chi connectivity index (χ3n) is 3.13. The van der Waals surface area contributed by atoms with Gasteiger partial charge in [0.05, 0.1) is 19.8 Å². The summed E-state index contributed by atoms with van der Waals surface area (Å²) in [6.07, 6.45) is -0.520. The Morgan fingerprint density at radius 1 is 0.905 bits per heavy atom. The zero-order valence-electron chi connectivity index (χ0n) is 12.2. The van der Waals surface area contributed by atoms with E-state index in [9.17, 15) is 4.79 Å². The Bertz CT molecular complexity index is 537. The quantitative estimate of drug-likeness (QED) is 0.745. The van der Waals surface area contributed by atoms with Crippen LogP contribution in [0.15, 0.2) is 60.7 Å². The Morgan fingerprint density at radius 3 is 1.95 bits per heavy atom. The Kier molecular flexibility index (Phi) is 6.13. The summed E-state index contributed by atoms with van der Waals surface area (Å²) in [4.78, 5) is 11.6. The number of Topliss-reactive ketones (excluding diaryl/α,β-unsaturated/α-hetero) is 1. The van der Waals surface area contributed by atoms with Crippen LogP contribution in [-0.4, -0.2) is 18.5 Å². The predicted molar refractivity (Wildman–Crippen MR) is 81.8 cm³/mol. The monoisotopic (exact) mass is 284 g/mol. The van der Waals surface area contributed by atoms with Gasteiger partial charge >= 0.3 is 0 Å². The van der Waals surface area contributed by atoms with Gasteiger partial charge in [0.15, 0.2) is 5.78 Å². The third kappa shape index (κ3) is 5.50. The van der Waals surface area contributed by atoms with Crippen molar-refractivity contribution in [3.8, 4) is 0 Å². The molecule has 2 aromatic carbocycles. The average Bonchev–Trinajstić information content (AvgIpc) is 2.52. The molecule has 0 aliphatic rings. The lowest BCUT2D eigenvalue weighted by molar-refractivity contribution is -0.134. The number of benzene rings is 2. The molecule has 0 saturated heterocycles. The first-order chi connectivity index (χ1) is 10.3. The zero-order chi connectivity index (χ0) is 14.9. The van der Waals surface area contributed by atoms with Crippen molar-refractivity contribution in [3.63, 3.8) is 0 Å². The maximum Gasteiger partial charge on any atom is 0.160 e. The van der Waals surface area contributed by atoms with E-state index in [-0.39, 0.29) is 12.4 Å². The zero-order valence-corrected chi connectivity index (χ0v) is 12.2. The van der Waals surface area contributed by atoms with Crippen molar-refractivity contribution in [1.82, 2.24) is 0 Å². The van der Waals surface area contributed by atoms with Crippen LogP contribution in [0.5, 0.6) is 0 Å². The van der Waals surface area contributed by atoms with E-state index in [0.717, 1.165) is 11.1 Å². The summed E-state index contributed by atoms with van der Waals surface area (Å²) in [5.74, 6) is -0.0148. The van der Waals surface area contributed by atoms with Crippen molar-refractivity contribution in [2.24, 2.45) is 0 Å². The topological polar surface area (TPSA) is 35.5 Å². The van der Waals surface area contributed by atoms with Gasteiger partial charge in [-0.25, -0.2) is 0 Å². The van der Waals surface area contributed by atoms with Crippen LogP contribution >= 0.6 is 0 Å². The molecule has 21 heavy (non-hydrogen) atoms. The van der Waals surface area contributed by atoms with Gasteiger partial charge in [-0.2, -0.15) is 0 Å². The van der Waals surface area contributed by atoms with Gasteiger partial charge in [0.2, 0.25) is 0 Å². The molecule has 0 saturated carbocycles. The van der Waals surface area contributed by atoms with E-state index < -0.39 is 6.10 Å². The molecular formula is C18H20O3. The fourth-order valence-electron chi connectivity index (χ4n) is 1.91. The van der Waals surface area contributed by atoms with E-state index in [1.165, 1.54) is 6.92 Å². The van der Waals surface area contributed by atoms with Gasteiger partial charge < -0.3 is 9.47 Å². The van der Waals surface area contributed by atoms with Gasteiger partial charge in [-0.1, -0.05) is 60.7 Å². The van der Waals surface area contributed by atoms with Crippen molar-refractivity contribution in [3.05, 3.63) is 71.8 Å². The molecule has 0 amide bonds. The lowest BCUT2D eigenvalue weighted by Gasteiger charge is -2.15. The fraction of sp³-hybridized carbons (Fsp3) is 0.278. The summed E-state index contributed by atoms with van der Waals surface area (Å²) < 4.78 is 11.2. The van der Waals surface area contributed by atoms with Crippen molar-refractivity contribution in [2.75, 3.05) is 6.61 Å². The Labute approximate surface area is 125 Å². The molecule has 3 heteroatoms. The molecule has 0 N–H and O–H groups in total. The molecule has 2 rings (SSSR count). The molecule has 3 nitrogen and oxygen atoms in total. The average molecular weight is 284 g/mol. The molecular weight excluding hydrogens is 264 g/mol. The second kappa shape index (κ2) is 8.35. The van der Waals surface area contributed by atoms with Crippen molar-refractivity contribution >= 4 is 5.78 Å². The minimum Gasteiger partial charge on any atom is -0.374 e. The van der Waals surface area contributed by atoms with Gasteiger partial charge in [0, 0.05) is 0 Å². The smallest absolute Gasteiger partial charge is 0.160 e. The van der Waals surface area contributed by atoms with Crippen molar-refractivity contribution in [2.45, 2.75) is 26.2 Å². The standard InChI is InChI=1S/C18H20O3/c1-15(19)18(21-13-17-10-6-3-7-11-17)14-20-12-16-8-4-2-5-9-16/h2-11,18H,12-14H2,1H3/t18-/m1/s1. The molecule has 1 atom stereocenters. The summed E-state index contributed by atoms with van der Waals surface area (Å²) in [5.41, 5.74) is 2.13. The van der Waals surface area contributed by atoms with E-state index in [1.54, 1.807) is 0 Å². The number of rotatable bonds is 8. The second-order valence-corrected chi connectivity index (χ2v) is 4.90. The van der Waals surface area contributed by atoms with Gasteiger partial charge in [-0.15, -0.1) is 0 Å². The van der Waals surface area contributed by atoms with Crippen LogP contribution < -0.4 is 0 Å². The van der Waals surface area contributed by atoms with Gasteiger partial charge in [0.25, 0.3) is 0 Å². The van der Waals surface area contributed by atoms with Crippen LogP contribution in [0.3, 0.4) is 0 Å². The van der Waals surface area contributed by atoms with E-state index in [4.69, 9.17) is 9.47 Å². The highest BCUT2D eigenvalue weighted by Crippen LogP contribution is 2.07. The molecule has 0 heterocycles. The van der Waals surface area contributed by atoms with Crippen LogP contribution in [0, 0.1) is 0 Å². The molecule has 0 fully saturated rings. The molecule has 0 aromatic heterocycles. The van der Waals surface area contributed by atoms with E-state index >= 15 is 0 Å². The third-order valence-corrected chi connectivity index (χ3v) is 3.13. The van der Waals surface area contributed by atoms with Gasteiger partial charge in [-0.3, -0.25) is 4.79 Å². The number of carbonyl (C=O) groups excluding carboxylic acids is 1. The summed E-state index contributed by atoms with van der Waals surface area (Å²) in [6.45, 7) is 2.71. The minimum absolute atomic E-state index is 0.0148. The van der Waals surface area contributed by atoms with Crippen LogP contribution in [0.25, 0.3) is 0 Å². The van der Waals surface area contributed by atoms with Gasteiger partial charge in [0.1, 0.15) is 6.10 Å². The second-order valence-electron chi connectivity index (χ2n) is 4.90. The molecule has 110 valence electrons. The molecule has 0 aliphatic heterocycles. The number of hydrogen-bond donors (Lipinski definition) is 0. The summed E-state index contributed by atoms with van der Waals surface area (Å²) >= 11 is 0. The van der Waals surface area contributed by atoms with E-state index in [1.807, 2.05) is 60.7 Å². The minimum atomic E-state index is -0.520. The number of carbonyl (C=O) groups is 1. The maximum atomic E-state index is 11.6. The fourth-order valence-corrected chi connectivity index (χ4v) is 1.91. The van der Waals surface area contributed by atoms with Crippen LogP contribution in [-0.2, 0) is 27.5 Å². The Hall–Kier alpha value is -1.97.